The second-order valence-electron chi connectivity index (χ2n) is 7.63. The lowest BCUT2D eigenvalue weighted by Crippen LogP contribution is -2.39. The van der Waals surface area contributed by atoms with Crippen LogP contribution in [0.5, 0.6) is 5.75 Å². The average molecular weight is 422 g/mol. The van der Waals surface area contributed by atoms with E-state index in [0.717, 1.165) is 41.3 Å². The first-order valence-electron chi connectivity index (χ1n) is 9.84. The molecular weight excluding hydrogens is 398 g/mol. The Morgan fingerprint density at radius 1 is 1.07 bits per heavy atom. The second kappa shape index (κ2) is 8.78. The van der Waals surface area contributed by atoms with E-state index in [-0.39, 0.29) is 12.0 Å². The number of likely N-dealkylation sites (N-methyl/N-ethyl adjacent to an activating group) is 1. The van der Waals surface area contributed by atoms with E-state index in [2.05, 4.69) is 15.5 Å². The predicted octanol–water partition coefficient (Wildman–Crippen LogP) is 4.99. The van der Waals surface area contributed by atoms with Crippen molar-refractivity contribution < 1.29 is 9.53 Å². The molecule has 5 nitrogen and oxygen atoms in total. The highest BCUT2D eigenvalue weighted by molar-refractivity contribution is 6.30. The van der Waals surface area contributed by atoms with Gasteiger partial charge in [-0.05, 0) is 67.7 Å². The highest BCUT2D eigenvalue weighted by Crippen LogP contribution is 2.32. The number of carbonyl (C=O) groups excluding carboxylic acids is 1. The first-order valence-corrected chi connectivity index (χ1v) is 10.2. The Morgan fingerprint density at radius 3 is 2.40 bits per heavy atom. The largest absolute Gasteiger partial charge is 0.485 e. The van der Waals surface area contributed by atoms with Crippen molar-refractivity contribution in [1.29, 1.82) is 0 Å². The molecule has 30 heavy (non-hydrogen) atoms. The summed E-state index contributed by atoms with van der Waals surface area (Å²) in [6.45, 7) is 1.58. The number of benzene rings is 3. The minimum absolute atomic E-state index is 0.104. The standard InChI is InChI=1S/C24H24ClN3O2/c1-28(2)15-21-14-26-22-13-20(11-12-23(22)30-21)27-24(29)18-5-3-16(4-6-18)17-7-9-19(25)10-8-17/h3-13,21,26H,14-15H2,1-2H3,(H,27,29). The number of hydrogen-bond donors (Lipinski definition) is 2. The quantitative estimate of drug-likeness (QED) is 0.609. The van der Waals surface area contributed by atoms with E-state index in [1.807, 2.05) is 80.8 Å². The molecule has 0 saturated heterocycles. The molecule has 0 spiro atoms. The third-order valence-electron chi connectivity index (χ3n) is 4.94. The van der Waals surface area contributed by atoms with Crippen LogP contribution in [0.2, 0.25) is 5.02 Å². The molecule has 1 unspecified atom stereocenters. The molecule has 1 aliphatic heterocycles. The van der Waals surface area contributed by atoms with Gasteiger partial charge in [0.05, 0.1) is 12.2 Å². The Balaban J connectivity index is 1.42. The molecule has 0 bridgehead atoms. The fraction of sp³-hybridized carbons (Fsp3) is 0.208. The van der Waals surface area contributed by atoms with E-state index in [0.29, 0.717) is 10.6 Å². The number of amides is 1. The normalized spacial score (nSPS) is 15.1. The fourth-order valence-corrected chi connectivity index (χ4v) is 3.59. The van der Waals surface area contributed by atoms with Gasteiger partial charge >= 0.3 is 0 Å². The summed E-state index contributed by atoms with van der Waals surface area (Å²) in [7, 11) is 4.05. The molecule has 154 valence electrons. The molecule has 1 heterocycles. The Kier molecular flexibility index (Phi) is 5.93. The number of ether oxygens (including phenoxy) is 1. The van der Waals surface area contributed by atoms with Crippen molar-refractivity contribution in [3.8, 4) is 16.9 Å². The van der Waals surface area contributed by atoms with Crippen molar-refractivity contribution in [2.75, 3.05) is 37.8 Å². The van der Waals surface area contributed by atoms with Crippen LogP contribution in [0.15, 0.2) is 66.7 Å². The van der Waals surface area contributed by atoms with Gasteiger partial charge in [0.2, 0.25) is 0 Å². The summed E-state index contributed by atoms with van der Waals surface area (Å²) in [6.07, 6.45) is 0.104. The molecule has 1 amide bonds. The third kappa shape index (κ3) is 4.75. The van der Waals surface area contributed by atoms with Crippen LogP contribution < -0.4 is 15.4 Å². The van der Waals surface area contributed by atoms with Gasteiger partial charge in [0.15, 0.2) is 0 Å². The molecule has 0 saturated carbocycles. The highest BCUT2D eigenvalue weighted by atomic mass is 35.5. The van der Waals surface area contributed by atoms with Crippen LogP contribution in [-0.2, 0) is 0 Å². The lowest BCUT2D eigenvalue weighted by Gasteiger charge is -2.29. The zero-order chi connectivity index (χ0) is 21.1. The molecule has 1 aliphatic rings. The van der Waals surface area contributed by atoms with Crippen LogP contribution in [0, 0.1) is 0 Å². The smallest absolute Gasteiger partial charge is 0.255 e. The van der Waals surface area contributed by atoms with Crippen molar-refractivity contribution in [2.45, 2.75) is 6.10 Å². The summed E-state index contributed by atoms with van der Waals surface area (Å²) in [6, 6.07) is 20.8. The number of fused-ring (bicyclic) bond motifs is 1. The minimum atomic E-state index is -0.153. The van der Waals surface area contributed by atoms with Gasteiger partial charge in [-0.1, -0.05) is 35.9 Å². The summed E-state index contributed by atoms with van der Waals surface area (Å²) in [5.74, 6) is 0.651. The number of hydrogen-bond acceptors (Lipinski definition) is 4. The number of rotatable bonds is 5. The summed E-state index contributed by atoms with van der Waals surface area (Å²) < 4.78 is 6.02. The van der Waals surface area contributed by atoms with Gasteiger partial charge in [-0.3, -0.25) is 4.79 Å². The summed E-state index contributed by atoms with van der Waals surface area (Å²) >= 11 is 5.95. The van der Waals surface area contributed by atoms with Crippen LogP contribution in [-0.4, -0.2) is 44.1 Å². The molecular formula is C24H24ClN3O2. The van der Waals surface area contributed by atoms with Gasteiger partial charge in [0.1, 0.15) is 11.9 Å². The molecule has 4 rings (SSSR count). The summed E-state index contributed by atoms with van der Waals surface area (Å²) in [5.41, 5.74) is 4.30. The van der Waals surface area contributed by atoms with Crippen molar-refractivity contribution in [2.24, 2.45) is 0 Å². The van der Waals surface area contributed by atoms with Crippen molar-refractivity contribution in [3.05, 3.63) is 77.3 Å². The SMILES string of the molecule is CN(C)CC1CNc2cc(NC(=O)c3ccc(-c4ccc(Cl)cc4)cc3)ccc2O1. The minimum Gasteiger partial charge on any atom is -0.485 e. The Morgan fingerprint density at radius 2 is 1.73 bits per heavy atom. The highest BCUT2D eigenvalue weighted by Gasteiger charge is 2.20. The second-order valence-corrected chi connectivity index (χ2v) is 8.07. The van der Waals surface area contributed by atoms with E-state index in [1.165, 1.54) is 0 Å². The Labute approximate surface area is 181 Å². The Hall–Kier alpha value is -3.02. The van der Waals surface area contributed by atoms with E-state index < -0.39 is 0 Å². The van der Waals surface area contributed by atoms with Crippen LogP contribution >= 0.6 is 11.6 Å². The molecule has 3 aromatic carbocycles. The van der Waals surface area contributed by atoms with Gasteiger partial charge in [-0.25, -0.2) is 0 Å². The summed E-state index contributed by atoms with van der Waals surface area (Å²) in [4.78, 5) is 14.8. The van der Waals surface area contributed by atoms with Crippen LogP contribution in [0.3, 0.4) is 0 Å². The predicted molar refractivity (Wildman–Crippen MR) is 123 cm³/mol. The van der Waals surface area contributed by atoms with Crippen molar-refractivity contribution in [1.82, 2.24) is 4.90 Å². The zero-order valence-electron chi connectivity index (χ0n) is 17.0. The topological polar surface area (TPSA) is 53.6 Å². The first-order chi connectivity index (χ1) is 14.5. The number of carbonyl (C=O) groups is 1. The van der Waals surface area contributed by atoms with Gasteiger partial charge in [0, 0.05) is 22.8 Å². The van der Waals surface area contributed by atoms with E-state index >= 15 is 0 Å². The number of anilines is 2. The molecule has 3 aromatic rings. The number of nitrogens with zero attached hydrogens (tertiary/aromatic N) is 1. The van der Waals surface area contributed by atoms with E-state index in [1.54, 1.807) is 0 Å². The molecule has 0 fully saturated rings. The lowest BCUT2D eigenvalue weighted by molar-refractivity contribution is 0.102. The lowest BCUT2D eigenvalue weighted by atomic mass is 10.0. The van der Waals surface area contributed by atoms with Crippen molar-refractivity contribution >= 4 is 28.9 Å². The maximum absolute atomic E-state index is 12.7. The fourth-order valence-electron chi connectivity index (χ4n) is 3.46. The third-order valence-corrected chi connectivity index (χ3v) is 5.20. The zero-order valence-corrected chi connectivity index (χ0v) is 17.7. The molecule has 0 aliphatic carbocycles. The average Bonchev–Trinajstić information content (AvgIpc) is 2.74. The van der Waals surface area contributed by atoms with Crippen molar-refractivity contribution in [3.63, 3.8) is 0 Å². The van der Waals surface area contributed by atoms with Gasteiger partial charge in [-0.2, -0.15) is 0 Å². The van der Waals surface area contributed by atoms with Gasteiger partial charge < -0.3 is 20.3 Å². The first kappa shape index (κ1) is 20.3. The molecule has 0 aromatic heterocycles. The van der Waals surface area contributed by atoms with Gasteiger partial charge in [0.25, 0.3) is 5.91 Å². The summed E-state index contributed by atoms with van der Waals surface area (Å²) in [5, 5.41) is 7.05. The molecule has 2 N–H and O–H groups in total. The van der Waals surface area contributed by atoms with Crippen LogP contribution in [0.1, 0.15) is 10.4 Å². The maximum Gasteiger partial charge on any atom is 0.255 e. The molecule has 0 radical (unpaired) electrons. The van der Waals surface area contributed by atoms with E-state index in [4.69, 9.17) is 16.3 Å². The Bertz CT molecular complexity index is 1030. The van der Waals surface area contributed by atoms with Gasteiger partial charge in [-0.15, -0.1) is 0 Å². The van der Waals surface area contributed by atoms with Crippen LogP contribution in [0.25, 0.3) is 11.1 Å². The maximum atomic E-state index is 12.7. The number of halogens is 1. The number of nitrogens with one attached hydrogen (secondary N) is 2. The van der Waals surface area contributed by atoms with Crippen LogP contribution in [0.4, 0.5) is 11.4 Å². The molecule has 1 atom stereocenters. The monoisotopic (exact) mass is 421 g/mol. The van der Waals surface area contributed by atoms with E-state index in [9.17, 15) is 4.79 Å². The molecule has 6 heteroatoms.